The lowest BCUT2D eigenvalue weighted by Gasteiger charge is -2.43. The Bertz CT molecular complexity index is 1060. The average molecular weight is 482 g/mol. The van der Waals surface area contributed by atoms with Gasteiger partial charge in [-0.15, -0.1) is 0 Å². The first-order valence-electron chi connectivity index (χ1n) is 9.73. The molecule has 158 valence electrons. The number of anilines is 1. The summed E-state index contributed by atoms with van der Waals surface area (Å²) in [6, 6.07) is 10.4. The Morgan fingerprint density at radius 1 is 1.23 bits per heavy atom. The molecular formula is C21H21Cl2N3O2S2. The number of likely N-dealkylation sites (tertiary alicyclic amines) is 1. The smallest absolute Gasteiger partial charge is 0.250 e. The number of nitrogens with one attached hydrogen (secondary N) is 1. The molecule has 30 heavy (non-hydrogen) atoms. The Hall–Kier alpha value is -1.54. The first kappa shape index (κ1) is 21.7. The number of hydrogen-bond acceptors (Lipinski definition) is 4. The molecule has 1 aromatic heterocycles. The first-order valence-corrected chi connectivity index (χ1v) is 11.8. The van der Waals surface area contributed by atoms with Gasteiger partial charge in [0.15, 0.2) is 0 Å². The molecule has 1 aromatic carbocycles. The second-order valence-corrected chi connectivity index (χ2v) is 10.6. The molecule has 0 saturated carbocycles. The van der Waals surface area contributed by atoms with E-state index in [1.807, 2.05) is 23.6 Å². The molecule has 3 atom stereocenters. The van der Waals surface area contributed by atoms with Crippen molar-refractivity contribution in [3.63, 3.8) is 0 Å². The van der Waals surface area contributed by atoms with Crippen molar-refractivity contribution < 1.29 is 4.79 Å². The molecule has 2 aliphatic rings. The van der Waals surface area contributed by atoms with Crippen LogP contribution in [0.25, 0.3) is 0 Å². The number of benzene rings is 1. The minimum absolute atomic E-state index is 0.0683. The molecule has 2 aliphatic heterocycles. The lowest BCUT2D eigenvalue weighted by Crippen LogP contribution is -2.48. The number of rotatable bonds is 3. The predicted molar refractivity (Wildman–Crippen MR) is 128 cm³/mol. The Balaban J connectivity index is 1.39. The molecule has 1 amide bonds. The Kier molecular flexibility index (Phi) is 6.44. The number of amides is 1. The maximum Gasteiger partial charge on any atom is 0.250 e. The summed E-state index contributed by atoms with van der Waals surface area (Å²) in [4.78, 5) is 27.0. The SMILES string of the molecule is CC(SC(=S)N1CC2CC(C1)c1cccc(=O)n1C2)C(=O)Nc1ccc(Cl)cc1Cl. The monoisotopic (exact) mass is 481 g/mol. The fourth-order valence-corrected chi connectivity index (χ4v) is 5.95. The lowest BCUT2D eigenvalue weighted by molar-refractivity contribution is -0.115. The number of aromatic nitrogens is 1. The van der Waals surface area contributed by atoms with Crippen LogP contribution in [0.2, 0.25) is 10.0 Å². The fourth-order valence-electron chi connectivity index (χ4n) is 4.15. The van der Waals surface area contributed by atoms with Gasteiger partial charge in [-0.2, -0.15) is 0 Å². The molecule has 9 heteroatoms. The maximum atomic E-state index is 12.6. The van der Waals surface area contributed by atoms with Gasteiger partial charge < -0.3 is 14.8 Å². The molecule has 0 spiro atoms. The standard InChI is InChI=1S/C21H21Cl2N3O2S2/c1-12(20(28)24-17-6-5-15(22)8-16(17)23)30-21(29)25-9-13-7-14(11-25)18-3-2-4-19(27)26(18)10-13/h2-6,8,12-14H,7,9-11H2,1H3,(H,24,28). The van der Waals surface area contributed by atoms with Gasteiger partial charge in [-0.3, -0.25) is 9.59 Å². The van der Waals surface area contributed by atoms with E-state index in [0.29, 0.717) is 26.0 Å². The molecule has 1 N–H and O–H groups in total. The van der Waals surface area contributed by atoms with E-state index in [1.165, 1.54) is 11.8 Å². The third-order valence-corrected chi connectivity index (χ3v) is 7.70. The van der Waals surface area contributed by atoms with E-state index in [2.05, 4.69) is 10.2 Å². The van der Waals surface area contributed by atoms with Crippen LogP contribution in [-0.4, -0.2) is 38.0 Å². The molecule has 5 nitrogen and oxygen atoms in total. The zero-order chi connectivity index (χ0) is 21.4. The maximum absolute atomic E-state index is 12.6. The topological polar surface area (TPSA) is 54.3 Å². The van der Waals surface area contributed by atoms with E-state index in [9.17, 15) is 9.59 Å². The molecule has 0 radical (unpaired) electrons. The van der Waals surface area contributed by atoms with Crippen molar-refractivity contribution in [1.29, 1.82) is 0 Å². The van der Waals surface area contributed by atoms with Crippen LogP contribution in [0.15, 0.2) is 41.2 Å². The number of nitrogens with zero attached hydrogens (tertiary/aromatic N) is 2. The number of halogens is 2. The van der Waals surface area contributed by atoms with Crippen LogP contribution in [0.4, 0.5) is 5.69 Å². The summed E-state index contributed by atoms with van der Waals surface area (Å²) in [7, 11) is 0. The third-order valence-electron chi connectivity index (χ3n) is 5.57. The summed E-state index contributed by atoms with van der Waals surface area (Å²) in [6.07, 6.45) is 1.07. The number of carbonyl (C=O) groups is 1. The van der Waals surface area contributed by atoms with Crippen LogP contribution in [-0.2, 0) is 11.3 Å². The molecule has 3 heterocycles. The predicted octanol–water partition coefficient (Wildman–Crippen LogP) is 4.62. The van der Waals surface area contributed by atoms with Crippen molar-refractivity contribution in [2.45, 2.75) is 31.1 Å². The molecule has 1 fully saturated rings. The molecule has 1 saturated heterocycles. The fraction of sp³-hybridized carbons (Fsp3) is 0.381. The van der Waals surface area contributed by atoms with Gasteiger partial charge in [0.2, 0.25) is 5.91 Å². The zero-order valence-electron chi connectivity index (χ0n) is 16.3. The van der Waals surface area contributed by atoms with Gasteiger partial charge in [-0.25, -0.2) is 0 Å². The van der Waals surface area contributed by atoms with Gasteiger partial charge in [0, 0.05) is 42.3 Å². The van der Waals surface area contributed by atoms with E-state index in [4.69, 9.17) is 35.4 Å². The molecule has 0 aliphatic carbocycles. The van der Waals surface area contributed by atoms with Crippen LogP contribution in [0, 0.1) is 5.92 Å². The molecule has 3 unspecified atom stereocenters. The van der Waals surface area contributed by atoms with Crippen molar-refractivity contribution in [3.05, 3.63) is 62.5 Å². The molecule has 2 aromatic rings. The lowest BCUT2D eigenvalue weighted by atomic mass is 9.83. The largest absolute Gasteiger partial charge is 0.356 e. The van der Waals surface area contributed by atoms with Crippen LogP contribution >= 0.6 is 47.2 Å². The molecular weight excluding hydrogens is 461 g/mol. The second kappa shape index (κ2) is 8.91. The van der Waals surface area contributed by atoms with Crippen LogP contribution in [0.3, 0.4) is 0 Å². The summed E-state index contributed by atoms with van der Waals surface area (Å²) in [5.41, 5.74) is 1.68. The summed E-state index contributed by atoms with van der Waals surface area (Å²) in [5.74, 6) is 0.495. The number of pyridine rings is 1. The summed E-state index contributed by atoms with van der Waals surface area (Å²) < 4.78 is 2.61. The highest BCUT2D eigenvalue weighted by molar-refractivity contribution is 8.23. The van der Waals surface area contributed by atoms with Crippen LogP contribution < -0.4 is 10.9 Å². The van der Waals surface area contributed by atoms with Crippen molar-refractivity contribution in [3.8, 4) is 0 Å². The highest BCUT2D eigenvalue weighted by Gasteiger charge is 2.35. The Morgan fingerprint density at radius 2 is 2.03 bits per heavy atom. The van der Waals surface area contributed by atoms with Gasteiger partial charge in [-0.1, -0.05) is 53.2 Å². The van der Waals surface area contributed by atoms with Gasteiger partial charge >= 0.3 is 0 Å². The van der Waals surface area contributed by atoms with E-state index in [1.54, 1.807) is 24.3 Å². The minimum Gasteiger partial charge on any atom is -0.356 e. The van der Waals surface area contributed by atoms with E-state index < -0.39 is 0 Å². The number of fused-ring (bicyclic) bond motifs is 4. The first-order chi connectivity index (χ1) is 14.3. The average Bonchev–Trinajstić information content (AvgIpc) is 2.70. The van der Waals surface area contributed by atoms with Crippen molar-refractivity contribution >= 4 is 63.1 Å². The Labute approximate surface area is 194 Å². The van der Waals surface area contributed by atoms with Crippen LogP contribution in [0.5, 0.6) is 0 Å². The summed E-state index contributed by atoms with van der Waals surface area (Å²) >= 11 is 19.1. The van der Waals surface area contributed by atoms with Gasteiger partial charge in [0.25, 0.3) is 5.56 Å². The van der Waals surface area contributed by atoms with Gasteiger partial charge in [0.1, 0.15) is 4.32 Å². The zero-order valence-corrected chi connectivity index (χ0v) is 19.5. The minimum atomic E-state index is -0.374. The second-order valence-electron chi connectivity index (χ2n) is 7.74. The number of thioether (sulfide) groups is 1. The van der Waals surface area contributed by atoms with Crippen LogP contribution in [0.1, 0.15) is 25.0 Å². The molecule has 2 bridgehead atoms. The molecule has 4 rings (SSSR count). The summed E-state index contributed by atoms with van der Waals surface area (Å²) in [5, 5.41) is 3.38. The number of carbonyl (C=O) groups excluding carboxylic acids is 1. The van der Waals surface area contributed by atoms with Gasteiger partial charge in [0.05, 0.1) is 16.0 Å². The number of thiocarbonyl (C=S) groups is 1. The third kappa shape index (κ3) is 4.54. The number of piperidine rings is 1. The quantitative estimate of drug-likeness (QED) is 0.648. The highest BCUT2D eigenvalue weighted by atomic mass is 35.5. The van der Waals surface area contributed by atoms with Crippen molar-refractivity contribution in [2.24, 2.45) is 5.92 Å². The summed E-state index contributed by atoms with van der Waals surface area (Å²) in [6.45, 7) is 4.12. The Morgan fingerprint density at radius 3 is 2.80 bits per heavy atom. The normalized spacial score (nSPS) is 21.0. The van der Waals surface area contributed by atoms with Crippen molar-refractivity contribution in [1.82, 2.24) is 9.47 Å². The van der Waals surface area contributed by atoms with Crippen molar-refractivity contribution in [2.75, 3.05) is 18.4 Å². The van der Waals surface area contributed by atoms with E-state index in [-0.39, 0.29) is 22.6 Å². The van der Waals surface area contributed by atoms with Gasteiger partial charge in [-0.05, 0) is 43.5 Å². The highest BCUT2D eigenvalue weighted by Crippen LogP contribution is 2.36. The van der Waals surface area contributed by atoms with E-state index in [0.717, 1.165) is 31.7 Å². The van der Waals surface area contributed by atoms with E-state index >= 15 is 0 Å². The number of hydrogen-bond donors (Lipinski definition) is 1.